The number of nitrogens with zero attached hydrogens (tertiary/aromatic N) is 4. The average Bonchev–Trinajstić information content (AvgIpc) is 3.07. The second-order valence-electron chi connectivity index (χ2n) is 4.77. The summed E-state index contributed by atoms with van der Waals surface area (Å²) in [6.45, 7) is 4.11. The number of benzene rings is 1. The number of para-hydroxylation sites is 1. The molecule has 1 aromatic rings. The number of rotatable bonds is 4. The van der Waals surface area contributed by atoms with Gasteiger partial charge in [0.15, 0.2) is 17.0 Å². The van der Waals surface area contributed by atoms with E-state index in [-0.39, 0.29) is 17.8 Å². The van der Waals surface area contributed by atoms with Crippen LogP contribution in [0.4, 0.5) is 5.69 Å². The third kappa shape index (κ3) is 2.89. The van der Waals surface area contributed by atoms with Crippen LogP contribution in [0.1, 0.15) is 13.8 Å². The van der Waals surface area contributed by atoms with E-state index < -0.39 is 0 Å². The average molecular weight is 316 g/mol. The summed E-state index contributed by atoms with van der Waals surface area (Å²) in [4.78, 5) is 20.5. The fraction of sp³-hybridized carbons (Fsp3) is 0.333. The van der Waals surface area contributed by atoms with Crippen LogP contribution in [-0.4, -0.2) is 41.1 Å². The van der Waals surface area contributed by atoms with E-state index in [1.165, 1.54) is 11.8 Å². The first-order valence-electron chi connectivity index (χ1n) is 7.04. The van der Waals surface area contributed by atoms with E-state index in [4.69, 9.17) is 4.74 Å². The highest BCUT2D eigenvalue weighted by Crippen LogP contribution is 2.27. The molecule has 1 unspecified atom stereocenters. The van der Waals surface area contributed by atoms with Crippen molar-refractivity contribution in [1.29, 1.82) is 0 Å². The molecule has 0 fully saturated rings. The van der Waals surface area contributed by atoms with Crippen LogP contribution in [0.3, 0.4) is 0 Å². The first kappa shape index (κ1) is 14.8. The van der Waals surface area contributed by atoms with E-state index >= 15 is 0 Å². The van der Waals surface area contributed by atoms with E-state index in [1.807, 2.05) is 37.3 Å². The number of carbonyl (C=O) groups excluding carboxylic acids is 1. The van der Waals surface area contributed by atoms with Gasteiger partial charge in [-0.3, -0.25) is 4.79 Å². The molecule has 0 N–H and O–H groups in total. The zero-order chi connectivity index (χ0) is 15.5. The molecule has 0 radical (unpaired) electrons. The number of carbonyl (C=O) groups is 1. The molecular weight excluding hydrogens is 300 g/mol. The Balaban J connectivity index is 1.73. The zero-order valence-electron chi connectivity index (χ0n) is 12.4. The normalized spacial score (nSPS) is 19.5. The minimum Gasteiger partial charge on any atom is -0.465 e. The Bertz CT molecular complexity index is 669. The second kappa shape index (κ2) is 6.31. The lowest BCUT2D eigenvalue weighted by Crippen LogP contribution is -2.27. The van der Waals surface area contributed by atoms with Crippen molar-refractivity contribution < 1.29 is 9.53 Å². The van der Waals surface area contributed by atoms with Crippen LogP contribution in [0.25, 0.3) is 0 Å². The largest absolute Gasteiger partial charge is 0.465 e. The van der Waals surface area contributed by atoms with E-state index in [1.54, 1.807) is 11.9 Å². The summed E-state index contributed by atoms with van der Waals surface area (Å²) in [6.07, 6.45) is 0. The topological polar surface area (TPSA) is 66.6 Å². The second-order valence-corrected chi connectivity index (χ2v) is 5.71. The first-order chi connectivity index (χ1) is 10.7. The Hall–Kier alpha value is -2.15. The molecule has 0 bridgehead atoms. The highest BCUT2D eigenvalue weighted by Gasteiger charge is 2.36. The van der Waals surface area contributed by atoms with E-state index in [0.29, 0.717) is 11.8 Å². The minimum absolute atomic E-state index is 0.148. The molecule has 0 amide bonds. The predicted molar refractivity (Wildman–Crippen MR) is 89.8 cm³/mol. The van der Waals surface area contributed by atoms with Crippen LogP contribution in [0, 0.1) is 0 Å². The van der Waals surface area contributed by atoms with Crippen LogP contribution in [0.2, 0.25) is 0 Å². The Morgan fingerprint density at radius 1 is 1.36 bits per heavy atom. The molecule has 2 aliphatic heterocycles. The molecule has 0 aromatic heterocycles. The van der Waals surface area contributed by atoms with Crippen LogP contribution < -0.4 is 5.01 Å². The standard InChI is InChI=1S/C15H16N4O2S/c1-3-21-12(20)9-22-15-16-13-10(2)18-19(14(13)17-15)11-7-5-4-6-8-11/h4-8,13H,3,9H2,1-2H3. The van der Waals surface area contributed by atoms with Gasteiger partial charge in [0.25, 0.3) is 0 Å². The maximum atomic E-state index is 11.4. The van der Waals surface area contributed by atoms with Gasteiger partial charge in [-0.2, -0.15) is 5.10 Å². The fourth-order valence-corrected chi connectivity index (χ4v) is 2.89. The van der Waals surface area contributed by atoms with Crippen LogP contribution in [0.5, 0.6) is 0 Å². The Morgan fingerprint density at radius 2 is 2.14 bits per heavy atom. The van der Waals surface area contributed by atoms with Crippen LogP contribution in [-0.2, 0) is 9.53 Å². The summed E-state index contributed by atoms with van der Waals surface area (Å²) >= 11 is 1.29. The number of amidine groups is 2. The molecule has 6 nitrogen and oxygen atoms in total. The van der Waals surface area contributed by atoms with Gasteiger partial charge in [-0.15, -0.1) is 0 Å². The van der Waals surface area contributed by atoms with Gasteiger partial charge in [0.05, 0.1) is 23.8 Å². The molecule has 22 heavy (non-hydrogen) atoms. The molecule has 7 heteroatoms. The van der Waals surface area contributed by atoms with Crippen molar-refractivity contribution in [2.75, 3.05) is 17.4 Å². The summed E-state index contributed by atoms with van der Waals surface area (Å²) in [6, 6.07) is 9.68. The van der Waals surface area contributed by atoms with Crippen molar-refractivity contribution in [3.05, 3.63) is 30.3 Å². The number of aliphatic imine (C=N–C) groups is 2. The molecule has 0 spiro atoms. The Morgan fingerprint density at radius 3 is 2.86 bits per heavy atom. The van der Waals surface area contributed by atoms with Gasteiger partial charge >= 0.3 is 5.97 Å². The van der Waals surface area contributed by atoms with E-state index in [0.717, 1.165) is 17.2 Å². The summed E-state index contributed by atoms with van der Waals surface area (Å²) in [5.74, 6) is 0.755. The molecule has 3 rings (SSSR count). The van der Waals surface area contributed by atoms with Gasteiger partial charge in [0.1, 0.15) is 0 Å². The first-order valence-corrected chi connectivity index (χ1v) is 8.02. The molecule has 1 aromatic carbocycles. The zero-order valence-corrected chi connectivity index (χ0v) is 13.2. The van der Waals surface area contributed by atoms with Gasteiger partial charge in [-0.05, 0) is 26.0 Å². The van der Waals surface area contributed by atoms with Gasteiger partial charge in [-0.1, -0.05) is 30.0 Å². The van der Waals surface area contributed by atoms with Gasteiger partial charge in [0, 0.05) is 0 Å². The third-order valence-electron chi connectivity index (χ3n) is 3.19. The molecule has 2 aliphatic rings. The summed E-state index contributed by atoms with van der Waals surface area (Å²) in [7, 11) is 0. The highest BCUT2D eigenvalue weighted by atomic mass is 32.2. The van der Waals surface area contributed by atoms with Crippen molar-refractivity contribution in [3.8, 4) is 0 Å². The van der Waals surface area contributed by atoms with Crippen molar-refractivity contribution in [2.45, 2.75) is 19.9 Å². The molecule has 0 aliphatic carbocycles. The lowest BCUT2D eigenvalue weighted by Gasteiger charge is -2.14. The maximum Gasteiger partial charge on any atom is 0.316 e. The fourth-order valence-electron chi connectivity index (χ4n) is 2.22. The van der Waals surface area contributed by atoms with Crippen molar-refractivity contribution >= 4 is 40.1 Å². The number of anilines is 1. The third-order valence-corrected chi connectivity index (χ3v) is 4.02. The Kier molecular flexibility index (Phi) is 4.24. The maximum absolute atomic E-state index is 11.4. The Labute approximate surface area is 133 Å². The van der Waals surface area contributed by atoms with Crippen LogP contribution >= 0.6 is 11.8 Å². The number of fused-ring (bicyclic) bond motifs is 1. The van der Waals surface area contributed by atoms with Crippen molar-refractivity contribution in [3.63, 3.8) is 0 Å². The van der Waals surface area contributed by atoms with Gasteiger partial charge in [-0.25, -0.2) is 15.0 Å². The monoisotopic (exact) mass is 316 g/mol. The lowest BCUT2D eigenvalue weighted by atomic mass is 10.2. The van der Waals surface area contributed by atoms with Gasteiger partial charge < -0.3 is 4.74 Å². The number of hydrogen-bond donors (Lipinski definition) is 0. The molecule has 114 valence electrons. The quantitative estimate of drug-likeness (QED) is 0.800. The van der Waals surface area contributed by atoms with Gasteiger partial charge in [0.2, 0.25) is 0 Å². The number of hydrogen-bond acceptors (Lipinski definition) is 7. The SMILES string of the molecule is CCOC(=O)CSC1=NC2C(C)=NN(c3ccccc3)C2=N1. The molecule has 1 atom stereocenters. The molecule has 0 saturated carbocycles. The lowest BCUT2D eigenvalue weighted by molar-refractivity contribution is -0.139. The van der Waals surface area contributed by atoms with E-state index in [2.05, 4.69) is 15.1 Å². The number of ether oxygens (including phenoxy) is 1. The van der Waals surface area contributed by atoms with Crippen molar-refractivity contribution in [2.24, 2.45) is 15.1 Å². The number of hydrazone groups is 1. The summed E-state index contributed by atoms with van der Waals surface area (Å²) < 4.78 is 4.91. The molecular formula is C15H16N4O2S. The number of esters is 1. The smallest absolute Gasteiger partial charge is 0.316 e. The molecule has 2 heterocycles. The number of thioether (sulfide) groups is 1. The highest BCUT2D eigenvalue weighted by molar-refractivity contribution is 8.14. The summed E-state index contributed by atoms with van der Waals surface area (Å²) in [5, 5.41) is 6.92. The minimum atomic E-state index is -0.252. The van der Waals surface area contributed by atoms with E-state index in [9.17, 15) is 4.79 Å². The summed E-state index contributed by atoms with van der Waals surface area (Å²) in [5.41, 5.74) is 1.85. The molecule has 0 saturated heterocycles. The van der Waals surface area contributed by atoms with Crippen molar-refractivity contribution in [1.82, 2.24) is 0 Å². The predicted octanol–water partition coefficient (Wildman–Crippen LogP) is 2.32. The van der Waals surface area contributed by atoms with Crippen LogP contribution in [0.15, 0.2) is 45.4 Å².